The molecule has 0 saturated heterocycles. The maximum atomic E-state index is 2.37. The number of rotatable bonds is 2. The van der Waals surface area contributed by atoms with Gasteiger partial charge in [-0.25, -0.2) is 0 Å². The quantitative estimate of drug-likeness (QED) is 0.272. The molecule has 0 unspecified atom stereocenters. The maximum absolute atomic E-state index is 2.37. The van der Waals surface area contributed by atoms with E-state index in [1.54, 1.807) is 0 Å². The van der Waals surface area contributed by atoms with Crippen LogP contribution in [0.2, 0.25) is 0 Å². The average Bonchev–Trinajstić information content (AvgIpc) is 3.33. The van der Waals surface area contributed by atoms with Gasteiger partial charge in [0, 0.05) is 23.2 Å². The fourth-order valence-electron chi connectivity index (χ4n) is 4.82. The Labute approximate surface area is 191 Å². The summed E-state index contributed by atoms with van der Waals surface area (Å²) in [5.74, 6) is 0. The SMILES string of the molecule is CC(C)(C)c1cn(-c2ccccc2-n2cc(C(C)(C)C)c3ccccc32)c2ccccc12. The Morgan fingerprint density at radius 3 is 1.19 bits per heavy atom. The number of hydrogen-bond acceptors (Lipinski definition) is 0. The summed E-state index contributed by atoms with van der Waals surface area (Å²) in [6.45, 7) is 13.8. The number of nitrogens with zero attached hydrogens (tertiary/aromatic N) is 2. The standard InChI is InChI=1S/C30H32N2/c1-29(2,3)23-19-31(25-15-9-7-13-21(23)25)27-17-11-12-18-28(27)32-20-24(30(4,5)6)22-14-8-10-16-26(22)32/h7-20H,1-6H3. The van der Waals surface area contributed by atoms with E-state index in [0.717, 1.165) is 0 Å². The van der Waals surface area contributed by atoms with Crippen LogP contribution in [0.25, 0.3) is 33.2 Å². The summed E-state index contributed by atoms with van der Waals surface area (Å²) >= 11 is 0. The van der Waals surface area contributed by atoms with Crippen molar-refractivity contribution in [3.05, 3.63) is 96.3 Å². The zero-order valence-electron chi connectivity index (χ0n) is 20.0. The molecule has 0 radical (unpaired) electrons. The highest BCUT2D eigenvalue weighted by Crippen LogP contribution is 2.37. The van der Waals surface area contributed by atoms with Gasteiger partial charge in [-0.2, -0.15) is 0 Å². The molecule has 5 rings (SSSR count). The molecule has 162 valence electrons. The first-order chi connectivity index (χ1) is 15.2. The Morgan fingerprint density at radius 1 is 0.469 bits per heavy atom. The van der Waals surface area contributed by atoms with E-state index in [1.165, 1.54) is 44.3 Å². The number of hydrogen-bond donors (Lipinski definition) is 0. The number of benzene rings is 3. The van der Waals surface area contributed by atoms with Gasteiger partial charge in [-0.1, -0.05) is 90.1 Å². The summed E-state index contributed by atoms with van der Waals surface area (Å²) in [6.07, 6.45) is 4.67. The van der Waals surface area contributed by atoms with Gasteiger partial charge >= 0.3 is 0 Å². The van der Waals surface area contributed by atoms with Gasteiger partial charge in [0.25, 0.3) is 0 Å². The second-order valence-corrected chi connectivity index (χ2v) is 10.8. The molecule has 2 heteroatoms. The molecule has 32 heavy (non-hydrogen) atoms. The van der Waals surface area contributed by atoms with Gasteiger partial charge < -0.3 is 9.13 Å². The highest BCUT2D eigenvalue weighted by atomic mass is 15.0. The number of fused-ring (bicyclic) bond motifs is 2. The van der Waals surface area contributed by atoms with Crippen molar-refractivity contribution in [3.63, 3.8) is 0 Å². The van der Waals surface area contributed by atoms with E-state index in [-0.39, 0.29) is 10.8 Å². The van der Waals surface area contributed by atoms with E-state index in [4.69, 9.17) is 0 Å². The lowest BCUT2D eigenvalue weighted by Gasteiger charge is -2.18. The third kappa shape index (κ3) is 3.26. The van der Waals surface area contributed by atoms with Crippen LogP contribution in [0.5, 0.6) is 0 Å². The van der Waals surface area contributed by atoms with Gasteiger partial charge in [-0.05, 0) is 46.2 Å². The summed E-state index contributed by atoms with van der Waals surface area (Å²) in [5, 5.41) is 2.64. The van der Waals surface area contributed by atoms with Gasteiger partial charge in [-0.3, -0.25) is 0 Å². The van der Waals surface area contributed by atoms with Crippen LogP contribution in [-0.2, 0) is 10.8 Å². The van der Waals surface area contributed by atoms with Crippen molar-refractivity contribution in [2.45, 2.75) is 52.4 Å². The predicted octanol–water partition coefficient (Wildman–Crippen LogP) is 8.17. The molecule has 0 aliphatic rings. The number of para-hydroxylation sites is 4. The van der Waals surface area contributed by atoms with Crippen LogP contribution in [0.3, 0.4) is 0 Å². The fraction of sp³-hybridized carbons (Fsp3) is 0.267. The maximum Gasteiger partial charge on any atom is 0.0697 e. The van der Waals surface area contributed by atoms with Crippen molar-refractivity contribution < 1.29 is 0 Å². The zero-order chi connectivity index (χ0) is 22.7. The highest BCUT2D eigenvalue weighted by Gasteiger charge is 2.24. The van der Waals surface area contributed by atoms with Crippen molar-refractivity contribution in [2.24, 2.45) is 0 Å². The monoisotopic (exact) mass is 420 g/mol. The van der Waals surface area contributed by atoms with Gasteiger partial charge in [0.1, 0.15) is 0 Å². The average molecular weight is 421 g/mol. The Hall–Kier alpha value is -3.26. The molecule has 0 amide bonds. The van der Waals surface area contributed by atoms with Crippen molar-refractivity contribution >= 4 is 21.8 Å². The van der Waals surface area contributed by atoms with Gasteiger partial charge in [-0.15, -0.1) is 0 Å². The molecule has 0 fully saturated rings. The van der Waals surface area contributed by atoms with Crippen LogP contribution in [0.15, 0.2) is 85.2 Å². The van der Waals surface area contributed by atoms with Gasteiger partial charge in [0.2, 0.25) is 0 Å². The molecule has 0 saturated carbocycles. The van der Waals surface area contributed by atoms with Crippen LogP contribution in [-0.4, -0.2) is 9.13 Å². The molecule has 0 atom stereocenters. The fourth-order valence-corrected chi connectivity index (χ4v) is 4.82. The largest absolute Gasteiger partial charge is 0.314 e. The first-order valence-corrected chi connectivity index (χ1v) is 11.5. The minimum atomic E-state index is 0.0688. The lowest BCUT2D eigenvalue weighted by molar-refractivity contribution is 0.594. The van der Waals surface area contributed by atoms with Crippen LogP contribution in [0, 0.1) is 0 Å². The minimum absolute atomic E-state index is 0.0688. The summed E-state index contributed by atoms with van der Waals surface area (Å²) in [7, 11) is 0. The van der Waals surface area contributed by atoms with Crippen LogP contribution < -0.4 is 0 Å². The molecule has 2 aromatic heterocycles. The Morgan fingerprint density at radius 2 is 0.812 bits per heavy atom. The van der Waals surface area contributed by atoms with E-state index >= 15 is 0 Å². The molecule has 2 heterocycles. The molecule has 0 aliphatic carbocycles. The van der Waals surface area contributed by atoms with Crippen LogP contribution in [0.1, 0.15) is 52.7 Å². The van der Waals surface area contributed by atoms with Crippen LogP contribution >= 0.6 is 0 Å². The minimum Gasteiger partial charge on any atom is -0.314 e. The van der Waals surface area contributed by atoms with E-state index in [1.807, 2.05) is 0 Å². The number of aromatic nitrogens is 2. The van der Waals surface area contributed by atoms with Crippen molar-refractivity contribution in [1.82, 2.24) is 9.13 Å². The molecule has 0 bridgehead atoms. The Bertz CT molecular complexity index is 1320. The first-order valence-electron chi connectivity index (χ1n) is 11.5. The van der Waals surface area contributed by atoms with E-state index < -0.39 is 0 Å². The molecular weight excluding hydrogens is 388 g/mol. The highest BCUT2D eigenvalue weighted by molar-refractivity contribution is 5.89. The Kier molecular flexibility index (Phi) is 4.60. The van der Waals surface area contributed by atoms with Crippen molar-refractivity contribution in [2.75, 3.05) is 0 Å². The molecule has 2 nitrogen and oxygen atoms in total. The van der Waals surface area contributed by atoms with Gasteiger partial charge in [0.05, 0.1) is 22.4 Å². The molecular formula is C30H32N2. The molecule has 0 N–H and O–H groups in total. The van der Waals surface area contributed by atoms with E-state index in [2.05, 4.69) is 136 Å². The van der Waals surface area contributed by atoms with Gasteiger partial charge in [0.15, 0.2) is 0 Å². The lowest BCUT2D eigenvalue weighted by Crippen LogP contribution is -2.10. The van der Waals surface area contributed by atoms with E-state index in [0.29, 0.717) is 0 Å². The van der Waals surface area contributed by atoms with E-state index in [9.17, 15) is 0 Å². The topological polar surface area (TPSA) is 9.86 Å². The zero-order valence-corrected chi connectivity index (χ0v) is 20.0. The molecule has 0 aliphatic heterocycles. The van der Waals surface area contributed by atoms with Crippen molar-refractivity contribution in [1.29, 1.82) is 0 Å². The lowest BCUT2D eigenvalue weighted by atomic mass is 9.87. The smallest absolute Gasteiger partial charge is 0.0697 e. The Balaban J connectivity index is 1.82. The second kappa shape index (κ2) is 7.13. The predicted molar refractivity (Wildman–Crippen MR) is 138 cm³/mol. The molecule has 5 aromatic rings. The summed E-state index contributed by atoms with van der Waals surface area (Å²) in [5.41, 5.74) is 7.76. The summed E-state index contributed by atoms with van der Waals surface area (Å²) < 4.78 is 4.74. The van der Waals surface area contributed by atoms with Crippen molar-refractivity contribution in [3.8, 4) is 11.4 Å². The first kappa shape index (κ1) is 20.6. The normalized spacial score (nSPS) is 12.7. The summed E-state index contributed by atoms with van der Waals surface area (Å²) in [6, 6.07) is 26.3. The second-order valence-electron chi connectivity index (χ2n) is 10.8. The molecule has 0 spiro atoms. The molecule has 3 aromatic carbocycles. The summed E-state index contributed by atoms with van der Waals surface area (Å²) in [4.78, 5) is 0. The third-order valence-corrected chi connectivity index (χ3v) is 6.44. The van der Waals surface area contributed by atoms with Crippen LogP contribution in [0.4, 0.5) is 0 Å². The third-order valence-electron chi connectivity index (χ3n) is 6.44.